The number of nitrogens with one attached hydrogen (secondary N) is 2. The van der Waals surface area contributed by atoms with E-state index in [1.807, 2.05) is 37.4 Å². The Kier molecular flexibility index (Phi) is 3.88. The van der Waals surface area contributed by atoms with E-state index >= 15 is 0 Å². The first-order valence-electron chi connectivity index (χ1n) is 5.38. The van der Waals surface area contributed by atoms with Crippen molar-refractivity contribution in [1.29, 1.82) is 0 Å². The molecule has 0 fully saturated rings. The van der Waals surface area contributed by atoms with E-state index in [1.165, 1.54) is 4.90 Å². The summed E-state index contributed by atoms with van der Waals surface area (Å²) in [7, 11) is 1.86. The van der Waals surface area contributed by atoms with Gasteiger partial charge in [-0.2, -0.15) is 0 Å². The minimum absolute atomic E-state index is 0.846. The monoisotopic (exact) mass is 245 g/mol. The van der Waals surface area contributed by atoms with Crippen LogP contribution in [-0.2, 0) is 0 Å². The van der Waals surface area contributed by atoms with E-state index in [2.05, 4.69) is 34.0 Å². The lowest BCUT2D eigenvalue weighted by atomic mass is 10.3. The Balaban J connectivity index is 2.24. The maximum atomic E-state index is 4.43. The molecule has 0 unspecified atom stereocenters. The van der Waals surface area contributed by atoms with E-state index in [-0.39, 0.29) is 0 Å². The second-order valence-electron chi connectivity index (χ2n) is 3.48. The number of hydrogen-bond donors (Lipinski definition) is 2. The molecule has 0 aliphatic rings. The molecule has 0 saturated carbocycles. The zero-order chi connectivity index (χ0) is 12.1. The Morgan fingerprint density at radius 2 is 1.76 bits per heavy atom. The molecule has 4 heteroatoms. The van der Waals surface area contributed by atoms with Crippen molar-refractivity contribution in [3.8, 4) is 0 Å². The largest absolute Gasteiger partial charge is 0.373 e. The van der Waals surface area contributed by atoms with Crippen molar-refractivity contribution < 1.29 is 0 Å². The van der Waals surface area contributed by atoms with Crippen LogP contribution in [0.1, 0.15) is 0 Å². The van der Waals surface area contributed by atoms with Crippen molar-refractivity contribution in [1.82, 2.24) is 4.98 Å². The number of nitrogens with zero attached hydrogens (tertiary/aromatic N) is 1. The number of aromatic nitrogens is 1. The lowest BCUT2D eigenvalue weighted by Gasteiger charge is -2.10. The Bertz CT molecular complexity index is 500. The fraction of sp³-hybridized carbons (Fsp3) is 0.154. The van der Waals surface area contributed by atoms with Crippen LogP contribution in [0.25, 0.3) is 0 Å². The molecule has 17 heavy (non-hydrogen) atoms. The van der Waals surface area contributed by atoms with E-state index in [0.29, 0.717) is 0 Å². The van der Waals surface area contributed by atoms with Gasteiger partial charge in [0, 0.05) is 11.9 Å². The van der Waals surface area contributed by atoms with Crippen molar-refractivity contribution in [2.75, 3.05) is 23.9 Å². The fourth-order valence-corrected chi connectivity index (χ4v) is 2.08. The molecule has 1 aromatic heterocycles. The topological polar surface area (TPSA) is 37.0 Å². The highest BCUT2D eigenvalue weighted by atomic mass is 32.2. The number of hydrogen-bond acceptors (Lipinski definition) is 4. The zero-order valence-electron chi connectivity index (χ0n) is 9.90. The summed E-state index contributed by atoms with van der Waals surface area (Å²) >= 11 is 1.72. The molecular weight excluding hydrogens is 230 g/mol. The van der Waals surface area contributed by atoms with Crippen molar-refractivity contribution in [3.05, 3.63) is 42.5 Å². The van der Waals surface area contributed by atoms with E-state index in [0.717, 1.165) is 17.3 Å². The van der Waals surface area contributed by atoms with Crippen LogP contribution in [0.4, 0.5) is 17.3 Å². The molecule has 0 spiro atoms. The third-order valence-corrected chi connectivity index (χ3v) is 3.17. The van der Waals surface area contributed by atoms with Crippen LogP contribution in [0.3, 0.4) is 0 Å². The fourth-order valence-electron chi connectivity index (χ4n) is 1.53. The average Bonchev–Trinajstić information content (AvgIpc) is 2.39. The molecular formula is C13H15N3S. The maximum absolute atomic E-state index is 4.43. The van der Waals surface area contributed by atoms with E-state index < -0.39 is 0 Å². The Labute approximate surface area is 106 Å². The summed E-state index contributed by atoms with van der Waals surface area (Å²) in [6, 6.07) is 14.1. The number of anilines is 3. The summed E-state index contributed by atoms with van der Waals surface area (Å²) in [5.74, 6) is 1.70. The Morgan fingerprint density at radius 1 is 1.00 bits per heavy atom. The van der Waals surface area contributed by atoms with Crippen molar-refractivity contribution >= 4 is 29.1 Å². The predicted molar refractivity (Wildman–Crippen MR) is 75.3 cm³/mol. The van der Waals surface area contributed by atoms with Gasteiger partial charge in [0.15, 0.2) is 0 Å². The molecule has 0 radical (unpaired) electrons. The molecule has 3 nitrogen and oxygen atoms in total. The van der Waals surface area contributed by atoms with Crippen LogP contribution in [0.15, 0.2) is 47.4 Å². The molecule has 1 heterocycles. The summed E-state index contributed by atoms with van der Waals surface area (Å²) in [6.45, 7) is 0. The zero-order valence-corrected chi connectivity index (χ0v) is 10.7. The van der Waals surface area contributed by atoms with Gasteiger partial charge in [0.2, 0.25) is 0 Å². The molecule has 2 N–H and O–H groups in total. The summed E-state index contributed by atoms with van der Waals surface area (Å²) in [4.78, 5) is 5.64. The highest BCUT2D eigenvalue weighted by Gasteiger charge is 2.01. The summed E-state index contributed by atoms with van der Waals surface area (Å²) in [6.07, 6.45) is 2.07. The number of benzene rings is 1. The molecule has 0 aliphatic carbocycles. The van der Waals surface area contributed by atoms with Gasteiger partial charge < -0.3 is 10.6 Å². The Hall–Kier alpha value is -1.68. The van der Waals surface area contributed by atoms with E-state index in [1.54, 1.807) is 11.8 Å². The quantitative estimate of drug-likeness (QED) is 0.807. The normalized spacial score (nSPS) is 10.0. The van der Waals surface area contributed by atoms with E-state index in [4.69, 9.17) is 0 Å². The minimum atomic E-state index is 0.846. The van der Waals surface area contributed by atoms with Crippen LogP contribution in [0.5, 0.6) is 0 Å². The summed E-state index contributed by atoms with van der Waals surface area (Å²) in [5, 5.41) is 6.35. The molecule has 0 atom stereocenters. The Morgan fingerprint density at radius 3 is 2.53 bits per heavy atom. The van der Waals surface area contributed by atoms with Gasteiger partial charge in [-0.1, -0.05) is 18.2 Å². The number of thioether (sulfide) groups is 1. The third kappa shape index (κ3) is 2.91. The van der Waals surface area contributed by atoms with Gasteiger partial charge in [0.25, 0.3) is 0 Å². The first kappa shape index (κ1) is 11.8. The molecule has 1 aromatic carbocycles. The van der Waals surface area contributed by atoms with Gasteiger partial charge in [0.05, 0.1) is 5.69 Å². The van der Waals surface area contributed by atoms with E-state index in [9.17, 15) is 0 Å². The smallest absolute Gasteiger partial charge is 0.132 e. The SMILES string of the molecule is CNc1cccc(Nc2ccccc2SC)n1. The van der Waals surface area contributed by atoms with Crippen molar-refractivity contribution in [2.45, 2.75) is 4.90 Å². The van der Waals surface area contributed by atoms with Gasteiger partial charge in [-0.3, -0.25) is 0 Å². The molecule has 2 aromatic rings. The van der Waals surface area contributed by atoms with Gasteiger partial charge in [-0.05, 0) is 30.5 Å². The lowest BCUT2D eigenvalue weighted by molar-refractivity contribution is 1.26. The second kappa shape index (κ2) is 5.59. The minimum Gasteiger partial charge on any atom is -0.373 e. The lowest BCUT2D eigenvalue weighted by Crippen LogP contribution is -1.98. The first-order valence-corrected chi connectivity index (χ1v) is 6.61. The molecule has 0 aliphatic heterocycles. The molecule has 88 valence electrons. The number of rotatable bonds is 4. The van der Waals surface area contributed by atoms with Crippen LogP contribution in [0.2, 0.25) is 0 Å². The number of para-hydroxylation sites is 1. The molecule has 0 amide bonds. The van der Waals surface area contributed by atoms with Crippen molar-refractivity contribution in [3.63, 3.8) is 0 Å². The summed E-state index contributed by atoms with van der Waals surface area (Å²) in [5.41, 5.74) is 1.08. The highest BCUT2D eigenvalue weighted by Crippen LogP contribution is 2.27. The van der Waals surface area contributed by atoms with Gasteiger partial charge in [-0.25, -0.2) is 4.98 Å². The molecule has 0 bridgehead atoms. The van der Waals surface area contributed by atoms with Crippen LogP contribution >= 0.6 is 11.8 Å². The molecule has 2 rings (SSSR count). The summed E-state index contributed by atoms with van der Waals surface area (Å²) < 4.78 is 0. The van der Waals surface area contributed by atoms with Crippen LogP contribution in [-0.4, -0.2) is 18.3 Å². The average molecular weight is 245 g/mol. The van der Waals surface area contributed by atoms with Crippen LogP contribution in [0, 0.1) is 0 Å². The first-order chi connectivity index (χ1) is 8.33. The number of pyridine rings is 1. The molecule has 0 saturated heterocycles. The predicted octanol–water partition coefficient (Wildman–Crippen LogP) is 3.59. The van der Waals surface area contributed by atoms with Gasteiger partial charge in [-0.15, -0.1) is 11.8 Å². The maximum Gasteiger partial charge on any atom is 0.132 e. The second-order valence-corrected chi connectivity index (χ2v) is 4.33. The highest BCUT2D eigenvalue weighted by molar-refractivity contribution is 7.98. The standard InChI is InChI=1S/C13H15N3S/c1-14-12-8-5-9-13(16-12)15-10-6-3-4-7-11(10)17-2/h3-9H,1-2H3,(H2,14,15,16). The van der Waals surface area contributed by atoms with Gasteiger partial charge >= 0.3 is 0 Å². The third-order valence-electron chi connectivity index (χ3n) is 2.37. The van der Waals surface area contributed by atoms with Gasteiger partial charge in [0.1, 0.15) is 11.6 Å². The van der Waals surface area contributed by atoms with Crippen LogP contribution < -0.4 is 10.6 Å². The van der Waals surface area contributed by atoms with Crippen molar-refractivity contribution in [2.24, 2.45) is 0 Å².